The van der Waals surface area contributed by atoms with E-state index in [0.717, 1.165) is 28.6 Å². The average molecular weight is 356 g/mol. The number of nitrogens with zero attached hydrogens (tertiary/aromatic N) is 3. The molecule has 0 saturated carbocycles. The number of pyridine rings is 1. The van der Waals surface area contributed by atoms with Crippen molar-refractivity contribution in [2.24, 2.45) is 18.7 Å². The van der Waals surface area contributed by atoms with E-state index in [1.807, 2.05) is 26.1 Å². The van der Waals surface area contributed by atoms with Crippen molar-refractivity contribution >= 4 is 11.0 Å². The molecule has 2 heterocycles. The Bertz CT molecular complexity index is 917. The van der Waals surface area contributed by atoms with E-state index >= 15 is 0 Å². The predicted molar refractivity (Wildman–Crippen MR) is 101 cm³/mol. The highest BCUT2D eigenvalue weighted by Crippen LogP contribution is 2.30. The van der Waals surface area contributed by atoms with Crippen molar-refractivity contribution in [2.45, 2.75) is 32.7 Å². The van der Waals surface area contributed by atoms with E-state index in [2.05, 4.69) is 23.9 Å². The second kappa shape index (κ2) is 7.03. The average Bonchev–Trinajstić information content (AvgIpc) is 2.94. The van der Waals surface area contributed by atoms with Crippen LogP contribution in [0.1, 0.15) is 27.2 Å². The van der Waals surface area contributed by atoms with Gasteiger partial charge in [0.15, 0.2) is 17.2 Å². The van der Waals surface area contributed by atoms with E-state index < -0.39 is 11.4 Å². The third-order valence-electron chi connectivity index (χ3n) is 4.31. The molecular weight excluding hydrogens is 331 g/mol. The van der Waals surface area contributed by atoms with Crippen LogP contribution < -0.4 is 10.5 Å². The number of nitrogens with two attached hydrogens (primary N) is 1. The molecule has 0 saturated heterocycles. The van der Waals surface area contributed by atoms with Gasteiger partial charge in [0, 0.05) is 24.2 Å². The smallest absolute Gasteiger partial charge is 0.165 e. The fourth-order valence-electron chi connectivity index (χ4n) is 3.32. The first-order chi connectivity index (χ1) is 12.3. The lowest BCUT2D eigenvalue weighted by molar-refractivity contribution is 0.200. The van der Waals surface area contributed by atoms with Gasteiger partial charge >= 0.3 is 0 Å². The van der Waals surface area contributed by atoms with Crippen LogP contribution in [0.4, 0.5) is 4.39 Å². The van der Waals surface area contributed by atoms with Gasteiger partial charge in [0.1, 0.15) is 6.61 Å². The van der Waals surface area contributed by atoms with Crippen molar-refractivity contribution in [3.63, 3.8) is 0 Å². The first kappa shape index (κ1) is 18.3. The van der Waals surface area contributed by atoms with E-state index in [0.29, 0.717) is 5.92 Å². The van der Waals surface area contributed by atoms with Gasteiger partial charge in [-0.25, -0.2) is 9.37 Å². The number of benzene rings is 1. The van der Waals surface area contributed by atoms with Gasteiger partial charge in [0.25, 0.3) is 0 Å². The van der Waals surface area contributed by atoms with E-state index in [1.54, 1.807) is 23.1 Å². The molecule has 5 nitrogen and oxygen atoms in total. The van der Waals surface area contributed by atoms with E-state index in [9.17, 15) is 4.39 Å². The predicted octanol–water partition coefficient (Wildman–Crippen LogP) is 3.92. The van der Waals surface area contributed by atoms with Crippen molar-refractivity contribution in [3.8, 4) is 16.9 Å². The van der Waals surface area contributed by atoms with Crippen molar-refractivity contribution < 1.29 is 9.13 Å². The molecule has 2 N–H and O–H groups in total. The molecule has 0 bridgehead atoms. The Balaban J connectivity index is 1.83. The second-order valence-corrected chi connectivity index (χ2v) is 7.55. The van der Waals surface area contributed by atoms with Gasteiger partial charge in [-0.15, -0.1) is 0 Å². The normalized spacial score (nSPS) is 14.0. The summed E-state index contributed by atoms with van der Waals surface area (Å²) in [7, 11) is 1.83. The molecule has 3 aromatic rings. The Labute approximate surface area is 153 Å². The number of aryl methyl sites for hydroxylation is 1. The first-order valence-electron chi connectivity index (χ1n) is 8.75. The lowest BCUT2D eigenvalue weighted by Crippen LogP contribution is -2.43. The summed E-state index contributed by atoms with van der Waals surface area (Å²) in [5.74, 6) is 0.261. The molecule has 0 aliphatic carbocycles. The molecule has 0 aliphatic heterocycles. The second-order valence-electron chi connectivity index (χ2n) is 7.55. The van der Waals surface area contributed by atoms with Gasteiger partial charge in [-0.1, -0.05) is 19.9 Å². The Morgan fingerprint density at radius 3 is 2.77 bits per heavy atom. The third kappa shape index (κ3) is 3.85. The summed E-state index contributed by atoms with van der Waals surface area (Å²) in [6, 6.07) is 6.83. The molecule has 1 atom stereocenters. The van der Waals surface area contributed by atoms with E-state index in [1.165, 1.54) is 6.07 Å². The highest BCUT2D eigenvalue weighted by molar-refractivity contribution is 5.92. The van der Waals surface area contributed by atoms with E-state index in [-0.39, 0.29) is 12.4 Å². The molecule has 0 spiro atoms. The van der Waals surface area contributed by atoms with Crippen LogP contribution in [0.5, 0.6) is 5.75 Å². The highest BCUT2D eigenvalue weighted by Gasteiger charge is 2.22. The largest absolute Gasteiger partial charge is 0.489 e. The van der Waals surface area contributed by atoms with E-state index in [4.69, 9.17) is 10.5 Å². The molecule has 2 aromatic heterocycles. The number of rotatable bonds is 6. The number of hydrogen-bond acceptors (Lipinski definition) is 4. The van der Waals surface area contributed by atoms with Crippen LogP contribution in [-0.2, 0) is 7.05 Å². The number of ether oxygens (including phenoxy) is 1. The van der Waals surface area contributed by atoms with Crippen LogP contribution in [0.25, 0.3) is 22.2 Å². The Morgan fingerprint density at radius 1 is 1.31 bits per heavy atom. The molecule has 138 valence electrons. The molecule has 6 heteroatoms. The highest BCUT2D eigenvalue weighted by atomic mass is 19.1. The summed E-state index contributed by atoms with van der Waals surface area (Å²) in [5.41, 5.74) is 8.15. The van der Waals surface area contributed by atoms with Crippen LogP contribution in [-0.4, -0.2) is 26.9 Å². The summed E-state index contributed by atoms with van der Waals surface area (Å²) in [6.07, 6.45) is 4.25. The molecule has 0 aliphatic rings. The number of hydrogen-bond donors (Lipinski definition) is 1. The maximum atomic E-state index is 14.6. The zero-order valence-electron chi connectivity index (χ0n) is 15.7. The molecule has 1 aromatic carbocycles. The van der Waals surface area contributed by atoms with Gasteiger partial charge in [0.2, 0.25) is 0 Å². The van der Waals surface area contributed by atoms with Gasteiger partial charge in [-0.05, 0) is 48.6 Å². The maximum absolute atomic E-state index is 14.6. The summed E-state index contributed by atoms with van der Waals surface area (Å²) >= 11 is 0. The molecule has 3 rings (SSSR count). The zero-order chi connectivity index (χ0) is 18.9. The van der Waals surface area contributed by atoms with Gasteiger partial charge in [0.05, 0.1) is 6.20 Å². The zero-order valence-corrected chi connectivity index (χ0v) is 15.7. The van der Waals surface area contributed by atoms with Gasteiger partial charge < -0.3 is 10.5 Å². The van der Waals surface area contributed by atoms with Crippen LogP contribution in [0, 0.1) is 11.7 Å². The Kier molecular flexibility index (Phi) is 4.96. The van der Waals surface area contributed by atoms with Crippen molar-refractivity contribution in [2.75, 3.05) is 6.61 Å². The summed E-state index contributed by atoms with van der Waals surface area (Å²) < 4.78 is 21.9. The summed E-state index contributed by atoms with van der Waals surface area (Å²) in [6.45, 7) is 6.40. The molecule has 0 amide bonds. The lowest BCUT2D eigenvalue weighted by atomic mass is 9.93. The summed E-state index contributed by atoms with van der Waals surface area (Å²) in [4.78, 5) is 4.32. The van der Waals surface area contributed by atoms with Crippen LogP contribution in [0.15, 0.2) is 36.7 Å². The fraction of sp³-hybridized carbons (Fsp3) is 0.400. The molecule has 0 radical (unpaired) electrons. The maximum Gasteiger partial charge on any atom is 0.165 e. The number of halogens is 1. The molecular formula is C20H25FN4O. The first-order valence-corrected chi connectivity index (χ1v) is 8.75. The van der Waals surface area contributed by atoms with Crippen LogP contribution in [0.3, 0.4) is 0 Å². The molecule has 0 fully saturated rings. The van der Waals surface area contributed by atoms with Crippen molar-refractivity contribution in [3.05, 3.63) is 42.5 Å². The Hall–Kier alpha value is -2.47. The minimum absolute atomic E-state index is 0.214. The lowest BCUT2D eigenvalue weighted by Gasteiger charge is -2.26. The fourth-order valence-corrected chi connectivity index (χ4v) is 3.32. The Morgan fingerprint density at radius 2 is 2.08 bits per heavy atom. The minimum atomic E-state index is -0.494. The summed E-state index contributed by atoms with van der Waals surface area (Å²) in [5, 5.41) is 5.11. The standard InChI is InChI=1S/C20H25FN4O/c1-13(2)10-20(3,22)12-26-18-6-5-14(9-17(18)21)15-7-8-23-19-16(15)11-24-25(19)4/h5-9,11,13H,10,12,22H2,1-4H3/t20-/m0/s1. The quantitative estimate of drug-likeness (QED) is 0.727. The van der Waals surface area contributed by atoms with Crippen LogP contribution in [0.2, 0.25) is 0 Å². The number of aromatic nitrogens is 3. The van der Waals surface area contributed by atoms with Crippen molar-refractivity contribution in [1.82, 2.24) is 14.8 Å². The van der Waals surface area contributed by atoms with Gasteiger partial charge in [-0.2, -0.15) is 5.10 Å². The topological polar surface area (TPSA) is 66.0 Å². The third-order valence-corrected chi connectivity index (χ3v) is 4.31. The minimum Gasteiger partial charge on any atom is -0.489 e. The molecule has 26 heavy (non-hydrogen) atoms. The van der Waals surface area contributed by atoms with Crippen molar-refractivity contribution in [1.29, 1.82) is 0 Å². The number of fused-ring (bicyclic) bond motifs is 1. The molecule has 0 unspecified atom stereocenters. The SMILES string of the molecule is CC(C)C[C@](C)(N)COc1ccc(-c2ccnc3c2cnn3C)cc1F. The van der Waals surface area contributed by atoms with Crippen LogP contribution >= 0.6 is 0 Å². The monoisotopic (exact) mass is 356 g/mol. The van der Waals surface area contributed by atoms with Gasteiger partial charge in [-0.3, -0.25) is 4.68 Å².